The van der Waals surface area contributed by atoms with Crippen LogP contribution in [0.1, 0.15) is 30.6 Å². The minimum absolute atomic E-state index is 0.0852. The summed E-state index contributed by atoms with van der Waals surface area (Å²) in [6.07, 6.45) is 0.543. The van der Waals surface area contributed by atoms with Crippen molar-refractivity contribution in [2.24, 2.45) is 11.8 Å². The Bertz CT molecular complexity index is 370. The van der Waals surface area contributed by atoms with Gasteiger partial charge in [-0.05, 0) is 6.42 Å². The van der Waals surface area contributed by atoms with E-state index >= 15 is 0 Å². The van der Waals surface area contributed by atoms with Crippen LogP contribution < -0.4 is 0 Å². The van der Waals surface area contributed by atoms with Crippen molar-refractivity contribution >= 4 is 11.8 Å². The van der Waals surface area contributed by atoms with E-state index in [1.807, 2.05) is 13.0 Å². The van der Waals surface area contributed by atoms with Crippen molar-refractivity contribution in [2.45, 2.75) is 20.3 Å². The number of benzene rings is 1. The molecule has 16 heavy (non-hydrogen) atoms. The first-order valence-electron chi connectivity index (χ1n) is 5.40. The standard InChI is InChI=1S/C13H16O3/c1-3-11(9(2)13(15)16)12(14)10-7-5-4-6-8-10/h4-9,11H,3H2,1-2H3,(H,15,16). The summed E-state index contributed by atoms with van der Waals surface area (Å²) in [5, 5.41) is 8.93. The van der Waals surface area contributed by atoms with Gasteiger partial charge in [0.05, 0.1) is 5.92 Å². The highest BCUT2D eigenvalue weighted by Gasteiger charge is 2.28. The molecule has 1 aromatic carbocycles. The molecular formula is C13H16O3. The molecule has 0 saturated heterocycles. The molecule has 1 N–H and O–H groups in total. The molecule has 0 aliphatic heterocycles. The van der Waals surface area contributed by atoms with Gasteiger partial charge in [-0.15, -0.1) is 0 Å². The first-order valence-corrected chi connectivity index (χ1v) is 5.40. The SMILES string of the molecule is CCC(C(=O)c1ccccc1)C(C)C(=O)O. The van der Waals surface area contributed by atoms with Crippen molar-refractivity contribution in [1.82, 2.24) is 0 Å². The van der Waals surface area contributed by atoms with Crippen molar-refractivity contribution in [3.8, 4) is 0 Å². The number of hydrogen-bond donors (Lipinski definition) is 1. The van der Waals surface area contributed by atoms with Crippen LogP contribution in [-0.2, 0) is 4.79 Å². The molecule has 2 atom stereocenters. The van der Waals surface area contributed by atoms with E-state index in [0.29, 0.717) is 12.0 Å². The number of carbonyl (C=O) groups excluding carboxylic acids is 1. The van der Waals surface area contributed by atoms with Crippen LogP contribution in [0.5, 0.6) is 0 Å². The van der Waals surface area contributed by atoms with E-state index in [4.69, 9.17) is 5.11 Å². The molecule has 0 spiro atoms. The second kappa shape index (κ2) is 5.45. The summed E-state index contributed by atoms with van der Waals surface area (Å²) in [6, 6.07) is 8.84. The van der Waals surface area contributed by atoms with Gasteiger partial charge in [0.25, 0.3) is 0 Å². The number of rotatable bonds is 5. The van der Waals surface area contributed by atoms with E-state index in [-0.39, 0.29) is 5.78 Å². The second-order valence-electron chi connectivity index (χ2n) is 3.87. The maximum absolute atomic E-state index is 12.1. The summed E-state index contributed by atoms with van der Waals surface area (Å²) in [7, 11) is 0. The Morgan fingerprint density at radius 1 is 1.25 bits per heavy atom. The maximum Gasteiger partial charge on any atom is 0.306 e. The van der Waals surface area contributed by atoms with Crippen LogP contribution in [0.25, 0.3) is 0 Å². The van der Waals surface area contributed by atoms with Crippen molar-refractivity contribution in [3.63, 3.8) is 0 Å². The van der Waals surface area contributed by atoms with Crippen LogP contribution in [0.15, 0.2) is 30.3 Å². The fourth-order valence-electron chi connectivity index (χ4n) is 1.75. The summed E-state index contributed by atoms with van der Waals surface area (Å²) in [4.78, 5) is 22.9. The average molecular weight is 220 g/mol. The highest BCUT2D eigenvalue weighted by Crippen LogP contribution is 2.21. The third kappa shape index (κ3) is 2.69. The molecule has 0 radical (unpaired) electrons. The molecule has 0 fully saturated rings. The average Bonchev–Trinajstić information content (AvgIpc) is 2.30. The molecule has 0 aromatic heterocycles. The van der Waals surface area contributed by atoms with Gasteiger partial charge in [-0.1, -0.05) is 44.2 Å². The van der Waals surface area contributed by atoms with Gasteiger partial charge in [-0.2, -0.15) is 0 Å². The molecule has 0 aliphatic carbocycles. The number of ketones is 1. The van der Waals surface area contributed by atoms with Crippen LogP contribution in [-0.4, -0.2) is 16.9 Å². The van der Waals surface area contributed by atoms with Gasteiger partial charge in [0, 0.05) is 11.5 Å². The Kier molecular flexibility index (Phi) is 4.23. The predicted octanol–water partition coefficient (Wildman–Crippen LogP) is 2.62. The van der Waals surface area contributed by atoms with Crippen LogP contribution in [0.2, 0.25) is 0 Å². The van der Waals surface area contributed by atoms with Gasteiger partial charge >= 0.3 is 5.97 Å². The van der Waals surface area contributed by atoms with Gasteiger partial charge in [0.15, 0.2) is 5.78 Å². The van der Waals surface area contributed by atoms with Crippen molar-refractivity contribution in [2.75, 3.05) is 0 Å². The minimum atomic E-state index is -0.920. The van der Waals surface area contributed by atoms with Gasteiger partial charge in [0.2, 0.25) is 0 Å². The van der Waals surface area contributed by atoms with Gasteiger partial charge < -0.3 is 5.11 Å². The first kappa shape index (κ1) is 12.4. The summed E-state index contributed by atoms with van der Waals surface area (Å²) in [5.41, 5.74) is 0.586. The number of hydrogen-bond acceptors (Lipinski definition) is 2. The topological polar surface area (TPSA) is 54.4 Å². The number of carboxylic acids is 1. The van der Waals surface area contributed by atoms with E-state index in [9.17, 15) is 9.59 Å². The van der Waals surface area contributed by atoms with Gasteiger partial charge in [0.1, 0.15) is 0 Å². The molecule has 0 saturated carbocycles. The summed E-state index contributed by atoms with van der Waals surface area (Å²) in [5.74, 6) is -2.09. The molecule has 0 bridgehead atoms. The predicted molar refractivity (Wildman–Crippen MR) is 61.4 cm³/mol. The summed E-state index contributed by atoms with van der Waals surface area (Å²) >= 11 is 0. The fraction of sp³-hybridized carbons (Fsp3) is 0.385. The van der Waals surface area contributed by atoms with Crippen molar-refractivity contribution < 1.29 is 14.7 Å². The number of aliphatic carboxylic acids is 1. The zero-order valence-electron chi connectivity index (χ0n) is 9.51. The number of carboxylic acid groups (broad SMARTS) is 1. The normalized spacial score (nSPS) is 14.1. The van der Waals surface area contributed by atoms with Crippen LogP contribution in [0, 0.1) is 11.8 Å². The van der Waals surface area contributed by atoms with Gasteiger partial charge in [-0.3, -0.25) is 9.59 Å². The van der Waals surface area contributed by atoms with E-state index in [1.165, 1.54) is 0 Å². The van der Waals surface area contributed by atoms with E-state index < -0.39 is 17.8 Å². The minimum Gasteiger partial charge on any atom is -0.481 e. The smallest absolute Gasteiger partial charge is 0.306 e. The maximum atomic E-state index is 12.1. The number of carbonyl (C=O) groups is 2. The third-order valence-electron chi connectivity index (χ3n) is 2.83. The molecule has 3 heteroatoms. The zero-order chi connectivity index (χ0) is 12.1. The molecule has 1 rings (SSSR count). The van der Waals surface area contributed by atoms with Crippen LogP contribution in [0.4, 0.5) is 0 Å². The van der Waals surface area contributed by atoms with E-state index in [2.05, 4.69) is 0 Å². The Balaban J connectivity index is 2.90. The van der Waals surface area contributed by atoms with Crippen molar-refractivity contribution in [3.05, 3.63) is 35.9 Å². The molecule has 3 nitrogen and oxygen atoms in total. The summed E-state index contributed by atoms with van der Waals surface area (Å²) in [6.45, 7) is 3.42. The number of Topliss-reactive ketones (excluding diaryl/α,β-unsaturated/α-hetero) is 1. The second-order valence-corrected chi connectivity index (χ2v) is 3.87. The molecule has 0 aliphatic rings. The Labute approximate surface area is 95.1 Å². The molecule has 2 unspecified atom stereocenters. The van der Waals surface area contributed by atoms with Crippen LogP contribution in [0.3, 0.4) is 0 Å². The van der Waals surface area contributed by atoms with Crippen LogP contribution >= 0.6 is 0 Å². The summed E-state index contributed by atoms with van der Waals surface area (Å²) < 4.78 is 0. The lowest BCUT2D eigenvalue weighted by Gasteiger charge is -2.17. The highest BCUT2D eigenvalue weighted by atomic mass is 16.4. The monoisotopic (exact) mass is 220 g/mol. The lowest BCUT2D eigenvalue weighted by molar-refractivity contribution is -0.142. The highest BCUT2D eigenvalue weighted by molar-refractivity contribution is 5.99. The molecule has 1 aromatic rings. The Morgan fingerprint density at radius 2 is 1.81 bits per heavy atom. The molecule has 0 heterocycles. The van der Waals surface area contributed by atoms with E-state index in [1.54, 1.807) is 31.2 Å². The largest absolute Gasteiger partial charge is 0.481 e. The fourth-order valence-corrected chi connectivity index (χ4v) is 1.75. The Hall–Kier alpha value is -1.64. The quantitative estimate of drug-likeness (QED) is 0.776. The lowest BCUT2D eigenvalue weighted by atomic mass is 9.85. The van der Waals surface area contributed by atoms with E-state index in [0.717, 1.165) is 0 Å². The molecule has 86 valence electrons. The molecule has 0 amide bonds. The van der Waals surface area contributed by atoms with Crippen molar-refractivity contribution in [1.29, 1.82) is 0 Å². The molecular weight excluding hydrogens is 204 g/mol. The first-order chi connectivity index (χ1) is 7.57. The van der Waals surface area contributed by atoms with Gasteiger partial charge in [-0.25, -0.2) is 0 Å². The third-order valence-corrected chi connectivity index (χ3v) is 2.83. The Morgan fingerprint density at radius 3 is 2.25 bits per heavy atom. The lowest BCUT2D eigenvalue weighted by Crippen LogP contribution is -2.27. The zero-order valence-corrected chi connectivity index (χ0v) is 9.51.